The quantitative estimate of drug-likeness (QED) is 0.786. The van der Waals surface area contributed by atoms with Gasteiger partial charge in [-0.05, 0) is 30.3 Å². The smallest absolute Gasteiger partial charge is 0.261 e. The summed E-state index contributed by atoms with van der Waals surface area (Å²) in [5, 5.41) is 0. The van der Waals surface area contributed by atoms with Crippen LogP contribution in [0.5, 0.6) is 0 Å². The van der Waals surface area contributed by atoms with Gasteiger partial charge < -0.3 is 4.90 Å². The van der Waals surface area contributed by atoms with E-state index in [0.29, 0.717) is 15.7 Å². The Labute approximate surface area is 129 Å². The first-order chi connectivity index (χ1) is 10.1. The molecule has 2 aromatic carbocycles. The first kappa shape index (κ1) is 13.9. The van der Waals surface area contributed by atoms with Crippen molar-refractivity contribution in [3.05, 3.63) is 63.9 Å². The number of amides is 1. The summed E-state index contributed by atoms with van der Waals surface area (Å²) in [6.45, 7) is 0.265. The molecule has 106 valence electrons. The Hall–Kier alpha value is -2.01. The number of carbonyl (C=O) groups is 2. The Bertz CT molecular complexity index is 745. The van der Waals surface area contributed by atoms with Gasteiger partial charge in [-0.25, -0.2) is 4.39 Å². The average molecular weight is 348 g/mol. The second-order valence-corrected chi connectivity index (χ2v) is 5.69. The Morgan fingerprint density at radius 2 is 1.95 bits per heavy atom. The number of anilines is 1. The minimum Gasteiger partial charge on any atom is -0.307 e. The Balaban J connectivity index is 2.05. The molecule has 1 heterocycles. The van der Waals surface area contributed by atoms with Crippen LogP contribution in [0.1, 0.15) is 27.1 Å². The number of para-hydroxylation sites is 1. The van der Waals surface area contributed by atoms with E-state index in [4.69, 9.17) is 0 Å². The summed E-state index contributed by atoms with van der Waals surface area (Å²) >= 11 is 3.24. The summed E-state index contributed by atoms with van der Waals surface area (Å²) < 4.78 is 14.5. The molecule has 3 rings (SSSR count). The van der Waals surface area contributed by atoms with Crippen LogP contribution in [0, 0.1) is 5.82 Å². The van der Waals surface area contributed by atoms with Crippen molar-refractivity contribution in [1.29, 1.82) is 0 Å². The van der Waals surface area contributed by atoms with Gasteiger partial charge in [0.15, 0.2) is 5.78 Å². The maximum absolute atomic E-state index is 13.9. The van der Waals surface area contributed by atoms with Crippen molar-refractivity contribution in [1.82, 2.24) is 0 Å². The first-order valence-corrected chi connectivity index (χ1v) is 7.26. The molecule has 21 heavy (non-hydrogen) atoms. The third kappa shape index (κ3) is 2.49. The van der Waals surface area contributed by atoms with Crippen molar-refractivity contribution in [3.63, 3.8) is 0 Å². The first-order valence-electron chi connectivity index (χ1n) is 6.47. The van der Waals surface area contributed by atoms with Gasteiger partial charge in [0.2, 0.25) is 0 Å². The Morgan fingerprint density at radius 3 is 2.76 bits per heavy atom. The maximum atomic E-state index is 13.9. The number of ketones is 1. The fourth-order valence-corrected chi connectivity index (χ4v) is 2.79. The van der Waals surface area contributed by atoms with E-state index in [0.717, 1.165) is 0 Å². The van der Waals surface area contributed by atoms with E-state index in [1.165, 1.54) is 17.0 Å². The molecule has 0 spiro atoms. The van der Waals surface area contributed by atoms with Crippen molar-refractivity contribution in [2.45, 2.75) is 6.42 Å². The summed E-state index contributed by atoms with van der Waals surface area (Å²) in [4.78, 5) is 25.9. The zero-order valence-electron chi connectivity index (χ0n) is 11.0. The monoisotopic (exact) mass is 347 g/mol. The Kier molecular flexibility index (Phi) is 3.59. The lowest BCUT2D eigenvalue weighted by molar-refractivity contribution is 0.0953. The van der Waals surface area contributed by atoms with Crippen LogP contribution in [0.15, 0.2) is 46.9 Å². The molecule has 1 aliphatic rings. The molecule has 2 aromatic rings. The van der Waals surface area contributed by atoms with Crippen LogP contribution < -0.4 is 4.90 Å². The van der Waals surface area contributed by atoms with Crippen molar-refractivity contribution in [3.8, 4) is 0 Å². The number of hydrogen-bond acceptors (Lipinski definition) is 2. The molecular weight excluding hydrogens is 337 g/mol. The van der Waals surface area contributed by atoms with Crippen LogP contribution >= 0.6 is 15.9 Å². The van der Waals surface area contributed by atoms with E-state index >= 15 is 0 Å². The van der Waals surface area contributed by atoms with Gasteiger partial charge in [0.1, 0.15) is 5.82 Å². The highest BCUT2D eigenvalue weighted by Crippen LogP contribution is 2.29. The predicted molar refractivity (Wildman–Crippen MR) is 81.2 cm³/mol. The molecule has 0 atom stereocenters. The third-order valence-corrected chi connectivity index (χ3v) is 3.95. The maximum Gasteiger partial charge on any atom is 0.261 e. The number of fused-ring (bicyclic) bond motifs is 1. The molecule has 0 fully saturated rings. The summed E-state index contributed by atoms with van der Waals surface area (Å²) in [6.07, 6.45) is 0.248. The Morgan fingerprint density at radius 1 is 1.19 bits per heavy atom. The lowest BCUT2D eigenvalue weighted by Crippen LogP contribution is -2.37. The molecule has 0 bridgehead atoms. The van der Waals surface area contributed by atoms with Crippen LogP contribution in [0.3, 0.4) is 0 Å². The van der Waals surface area contributed by atoms with Gasteiger partial charge >= 0.3 is 0 Å². The van der Waals surface area contributed by atoms with Gasteiger partial charge in [0, 0.05) is 23.0 Å². The zero-order valence-corrected chi connectivity index (χ0v) is 12.6. The van der Waals surface area contributed by atoms with Gasteiger partial charge in [-0.2, -0.15) is 0 Å². The second kappa shape index (κ2) is 5.41. The molecule has 0 saturated carbocycles. The molecule has 0 aromatic heterocycles. The molecule has 0 N–H and O–H groups in total. The molecule has 5 heteroatoms. The molecule has 0 aliphatic carbocycles. The number of halogens is 2. The zero-order chi connectivity index (χ0) is 15.0. The molecule has 0 unspecified atom stereocenters. The van der Waals surface area contributed by atoms with Crippen molar-refractivity contribution in [2.75, 3.05) is 11.4 Å². The number of carbonyl (C=O) groups excluding carboxylic acids is 2. The van der Waals surface area contributed by atoms with Gasteiger partial charge in [0.05, 0.1) is 11.3 Å². The third-order valence-electron chi connectivity index (χ3n) is 3.46. The van der Waals surface area contributed by atoms with Crippen LogP contribution in [0.4, 0.5) is 10.1 Å². The predicted octanol–water partition coefficient (Wildman–Crippen LogP) is 3.82. The topological polar surface area (TPSA) is 37.4 Å². The van der Waals surface area contributed by atoms with E-state index in [9.17, 15) is 14.0 Å². The van der Waals surface area contributed by atoms with Crippen LogP contribution in [0.25, 0.3) is 0 Å². The summed E-state index contributed by atoms with van der Waals surface area (Å²) in [6, 6.07) is 11.2. The molecule has 0 radical (unpaired) electrons. The summed E-state index contributed by atoms with van der Waals surface area (Å²) in [7, 11) is 0. The fraction of sp³-hybridized carbons (Fsp3) is 0.125. The standard InChI is InChI=1S/C16H11BrFNO2/c17-10-5-6-13(18)12(9-10)16(21)19-8-7-15(20)11-3-1-2-4-14(11)19/h1-6,9H,7-8H2. The van der Waals surface area contributed by atoms with Crippen LogP contribution in [-0.4, -0.2) is 18.2 Å². The number of nitrogens with zero attached hydrogens (tertiary/aromatic N) is 1. The van der Waals surface area contributed by atoms with Crippen molar-refractivity contribution < 1.29 is 14.0 Å². The molecule has 3 nitrogen and oxygen atoms in total. The van der Waals surface area contributed by atoms with Crippen molar-refractivity contribution in [2.24, 2.45) is 0 Å². The lowest BCUT2D eigenvalue weighted by atomic mass is 9.99. The molecule has 1 amide bonds. The van der Waals surface area contributed by atoms with Crippen molar-refractivity contribution >= 4 is 33.3 Å². The summed E-state index contributed by atoms with van der Waals surface area (Å²) in [5.41, 5.74) is 1.04. The van der Waals surface area contributed by atoms with E-state index in [2.05, 4.69) is 15.9 Å². The minimum absolute atomic E-state index is 0.00404. The van der Waals surface area contributed by atoms with Crippen LogP contribution in [0.2, 0.25) is 0 Å². The number of benzene rings is 2. The highest BCUT2D eigenvalue weighted by atomic mass is 79.9. The largest absolute Gasteiger partial charge is 0.307 e. The summed E-state index contributed by atoms with van der Waals surface area (Å²) in [5.74, 6) is -1.00. The van der Waals surface area contributed by atoms with Gasteiger partial charge in [-0.15, -0.1) is 0 Å². The van der Waals surface area contributed by atoms with E-state index in [1.807, 2.05) is 0 Å². The van der Waals surface area contributed by atoms with E-state index < -0.39 is 11.7 Å². The van der Waals surface area contributed by atoms with E-state index in [-0.39, 0.29) is 24.3 Å². The van der Waals surface area contributed by atoms with Gasteiger partial charge in [-0.3, -0.25) is 9.59 Å². The van der Waals surface area contributed by atoms with E-state index in [1.54, 1.807) is 30.3 Å². The van der Waals surface area contributed by atoms with Gasteiger partial charge in [0.25, 0.3) is 5.91 Å². The normalized spacial score (nSPS) is 14.0. The molecular formula is C16H11BrFNO2. The molecule has 1 aliphatic heterocycles. The highest BCUT2D eigenvalue weighted by molar-refractivity contribution is 9.10. The number of Topliss-reactive ketones (excluding diaryl/α,β-unsaturated/α-hetero) is 1. The van der Waals surface area contributed by atoms with Crippen LogP contribution in [-0.2, 0) is 0 Å². The van der Waals surface area contributed by atoms with Gasteiger partial charge in [-0.1, -0.05) is 28.1 Å². The lowest BCUT2D eigenvalue weighted by Gasteiger charge is -2.28. The number of hydrogen-bond donors (Lipinski definition) is 0. The fourth-order valence-electron chi connectivity index (χ4n) is 2.43. The SMILES string of the molecule is O=C1CCN(C(=O)c2cc(Br)ccc2F)c2ccccc21. The number of rotatable bonds is 1. The second-order valence-electron chi connectivity index (χ2n) is 4.77. The highest BCUT2D eigenvalue weighted by Gasteiger charge is 2.28. The average Bonchev–Trinajstić information content (AvgIpc) is 2.50. The minimum atomic E-state index is -0.572. The molecule has 0 saturated heterocycles.